The van der Waals surface area contributed by atoms with Crippen LogP contribution in [0.25, 0.3) is 0 Å². The van der Waals surface area contributed by atoms with Crippen LogP contribution < -0.4 is 11.2 Å². The Hall–Kier alpha value is -3.02. The quantitative estimate of drug-likeness (QED) is 0.327. The standard InChI is InChI=1S/C12H11F2N5O2/c1-2-21-12(20)10-7(13)3-6(4-8(10)14)18-19-9(5-15)11(16)17/h3-4,18H,2H2,1H3,(H3,16,17)/b19-9+. The normalized spacial score (nSPS) is 10.7. The minimum absolute atomic E-state index is 0.0217. The molecule has 9 heteroatoms. The Bertz CT molecular complexity index is 629. The van der Waals surface area contributed by atoms with E-state index in [1.54, 1.807) is 0 Å². The van der Waals surface area contributed by atoms with E-state index in [-0.39, 0.29) is 12.3 Å². The highest BCUT2D eigenvalue weighted by Gasteiger charge is 2.19. The molecule has 0 aliphatic carbocycles. The molecular weight excluding hydrogens is 284 g/mol. The van der Waals surface area contributed by atoms with Gasteiger partial charge in [-0.1, -0.05) is 0 Å². The molecule has 0 radical (unpaired) electrons. The number of carbonyl (C=O) groups is 1. The van der Waals surface area contributed by atoms with Crippen molar-refractivity contribution in [3.05, 3.63) is 29.3 Å². The lowest BCUT2D eigenvalue weighted by molar-refractivity contribution is 0.0515. The van der Waals surface area contributed by atoms with E-state index in [2.05, 4.69) is 15.3 Å². The molecule has 0 heterocycles. The van der Waals surface area contributed by atoms with E-state index in [1.165, 1.54) is 13.0 Å². The van der Waals surface area contributed by atoms with Crippen LogP contribution in [-0.4, -0.2) is 24.1 Å². The van der Waals surface area contributed by atoms with Gasteiger partial charge < -0.3 is 10.5 Å². The highest BCUT2D eigenvalue weighted by Crippen LogP contribution is 2.20. The van der Waals surface area contributed by atoms with Gasteiger partial charge in [0.05, 0.1) is 12.3 Å². The van der Waals surface area contributed by atoms with E-state index < -0.39 is 34.7 Å². The van der Waals surface area contributed by atoms with Gasteiger partial charge in [-0.15, -0.1) is 0 Å². The van der Waals surface area contributed by atoms with Crippen LogP contribution >= 0.6 is 0 Å². The SMILES string of the molecule is CCOC(=O)c1c(F)cc(N/N=C(\C#N)C(=N)N)cc1F. The van der Waals surface area contributed by atoms with Gasteiger partial charge in [-0.25, -0.2) is 13.6 Å². The van der Waals surface area contributed by atoms with Crippen molar-refractivity contribution in [3.8, 4) is 6.07 Å². The Morgan fingerprint density at radius 1 is 1.52 bits per heavy atom. The van der Waals surface area contributed by atoms with Crippen LogP contribution in [0, 0.1) is 28.4 Å². The summed E-state index contributed by atoms with van der Waals surface area (Å²) in [4.78, 5) is 11.4. The number of nitrogens with two attached hydrogens (primary N) is 1. The average molecular weight is 295 g/mol. The molecule has 0 atom stereocenters. The van der Waals surface area contributed by atoms with E-state index in [0.717, 1.165) is 12.1 Å². The first-order valence-corrected chi connectivity index (χ1v) is 5.65. The van der Waals surface area contributed by atoms with Crippen molar-refractivity contribution in [2.24, 2.45) is 10.8 Å². The van der Waals surface area contributed by atoms with E-state index in [9.17, 15) is 13.6 Å². The predicted octanol–water partition coefficient (Wildman–Crippen LogP) is 1.37. The number of nitrogens with zero attached hydrogens (tertiary/aromatic N) is 2. The largest absolute Gasteiger partial charge is 0.462 e. The van der Waals surface area contributed by atoms with Gasteiger partial charge in [-0.05, 0) is 19.1 Å². The number of halogens is 2. The summed E-state index contributed by atoms with van der Waals surface area (Å²) in [6.45, 7) is 1.48. The van der Waals surface area contributed by atoms with Crippen LogP contribution in [0.2, 0.25) is 0 Å². The number of hydrazone groups is 1. The van der Waals surface area contributed by atoms with Crippen LogP contribution in [-0.2, 0) is 4.74 Å². The topological polar surface area (TPSA) is 124 Å². The lowest BCUT2D eigenvalue weighted by atomic mass is 10.2. The molecule has 0 unspecified atom stereocenters. The van der Waals surface area contributed by atoms with Crippen LogP contribution in [0.4, 0.5) is 14.5 Å². The molecule has 0 saturated heterocycles. The molecule has 0 saturated carbocycles. The number of amidine groups is 1. The Kier molecular flexibility index (Phi) is 5.31. The van der Waals surface area contributed by atoms with Crippen molar-refractivity contribution in [1.82, 2.24) is 0 Å². The van der Waals surface area contributed by atoms with Gasteiger partial charge in [0.2, 0.25) is 5.71 Å². The molecule has 0 fully saturated rings. The van der Waals surface area contributed by atoms with Gasteiger partial charge in [-0.3, -0.25) is 10.8 Å². The number of esters is 1. The summed E-state index contributed by atoms with van der Waals surface area (Å²) in [6, 6.07) is 3.12. The zero-order chi connectivity index (χ0) is 16.0. The van der Waals surface area contributed by atoms with Gasteiger partial charge in [0, 0.05) is 0 Å². The molecular formula is C12H11F2N5O2. The third-order valence-corrected chi connectivity index (χ3v) is 2.18. The fraction of sp³-hybridized carbons (Fsp3) is 0.167. The summed E-state index contributed by atoms with van der Waals surface area (Å²) in [5, 5.41) is 19.0. The molecule has 110 valence electrons. The van der Waals surface area contributed by atoms with Crippen molar-refractivity contribution in [1.29, 1.82) is 10.7 Å². The van der Waals surface area contributed by atoms with E-state index in [1.807, 2.05) is 0 Å². The number of anilines is 1. The number of nitrogens with one attached hydrogen (secondary N) is 2. The minimum Gasteiger partial charge on any atom is -0.462 e. The Balaban J connectivity index is 3.07. The van der Waals surface area contributed by atoms with E-state index in [4.69, 9.17) is 16.4 Å². The molecule has 4 N–H and O–H groups in total. The van der Waals surface area contributed by atoms with Crippen molar-refractivity contribution in [2.75, 3.05) is 12.0 Å². The zero-order valence-electron chi connectivity index (χ0n) is 10.9. The predicted molar refractivity (Wildman–Crippen MR) is 70.9 cm³/mol. The molecule has 1 rings (SSSR count). The van der Waals surface area contributed by atoms with E-state index in [0.29, 0.717) is 0 Å². The summed E-state index contributed by atoms with van der Waals surface area (Å²) in [6.07, 6.45) is 0. The number of hydrogen-bond acceptors (Lipinski definition) is 6. The Morgan fingerprint density at radius 3 is 2.52 bits per heavy atom. The van der Waals surface area contributed by atoms with Crippen molar-refractivity contribution >= 4 is 23.2 Å². The summed E-state index contributed by atoms with van der Waals surface area (Å²) in [5.41, 5.74) is 5.78. The molecule has 0 aliphatic heterocycles. The molecule has 0 spiro atoms. The molecule has 21 heavy (non-hydrogen) atoms. The summed E-state index contributed by atoms with van der Waals surface area (Å²) < 4.78 is 31.9. The van der Waals surface area contributed by atoms with Gasteiger partial charge in [0.15, 0.2) is 5.84 Å². The molecule has 1 aromatic rings. The van der Waals surface area contributed by atoms with Crippen molar-refractivity contribution in [3.63, 3.8) is 0 Å². The average Bonchev–Trinajstić information content (AvgIpc) is 2.38. The molecule has 0 amide bonds. The van der Waals surface area contributed by atoms with Gasteiger partial charge in [0.25, 0.3) is 0 Å². The number of rotatable bonds is 5. The van der Waals surface area contributed by atoms with Crippen LogP contribution in [0.15, 0.2) is 17.2 Å². The summed E-state index contributed by atoms with van der Waals surface area (Å²) >= 11 is 0. The van der Waals surface area contributed by atoms with Gasteiger partial charge in [-0.2, -0.15) is 10.4 Å². The third kappa shape index (κ3) is 3.97. The number of ether oxygens (including phenoxy) is 1. The maximum atomic E-state index is 13.7. The van der Waals surface area contributed by atoms with Crippen molar-refractivity contribution < 1.29 is 18.3 Å². The second kappa shape index (κ2) is 6.95. The highest BCUT2D eigenvalue weighted by atomic mass is 19.1. The molecule has 7 nitrogen and oxygen atoms in total. The first-order chi connectivity index (χ1) is 9.90. The third-order valence-electron chi connectivity index (χ3n) is 2.18. The number of nitriles is 1. The Labute approximate surface area is 118 Å². The molecule has 1 aromatic carbocycles. The van der Waals surface area contributed by atoms with Crippen LogP contribution in [0.3, 0.4) is 0 Å². The van der Waals surface area contributed by atoms with Crippen LogP contribution in [0.1, 0.15) is 17.3 Å². The van der Waals surface area contributed by atoms with E-state index >= 15 is 0 Å². The fourth-order valence-electron chi connectivity index (χ4n) is 1.30. The second-order valence-corrected chi connectivity index (χ2v) is 3.63. The molecule has 0 aliphatic rings. The van der Waals surface area contributed by atoms with Gasteiger partial charge >= 0.3 is 5.97 Å². The fourth-order valence-corrected chi connectivity index (χ4v) is 1.30. The Morgan fingerprint density at radius 2 is 2.10 bits per heavy atom. The summed E-state index contributed by atoms with van der Waals surface area (Å²) in [7, 11) is 0. The minimum atomic E-state index is -1.15. The highest BCUT2D eigenvalue weighted by molar-refractivity contribution is 6.45. The lowest BCUT2D eigenvalue weighted by Gasteiger charge is -2.07. The van der Waals surface area contributed by atoms with Gasteiger partial charge in [0.1, 0.15) is 23.3 Å². The smallest absolute Gasteiger partial charge is 0.344 e. The second-order valence-electron chi connectivity index (χ2n) is 3.63. The zero-order valence-corrected chi connectivity index (χ0v) is 10.9. The summed E-state index contributed by atoms with van der Waals surface area (Å²) in [5.74, 6) is -4.02. The first-order valence-electron chi connectivity index (χ1n) is 5.65. The lowest BCUT2D eigenvalue weighted by Crippen LogP contribution is -2.22. The van der Waals surface area contributed by atoms with Crippen LogP contribution in [0.5, 0.6) is 0 Å². The molecule has 0 aromatic heterocycles. The number of hydrogen-bond donors (Lipinski definition) is 3. The number of benzene rings is 1. The first kappa shape index (κ1) is 16.0. The maximum Gasteiger partial charge on any atom is 0.344 e. The maximum absolute atomic E-state index is 13.7. The number of carbonyl (C=O) groups excluding carboxylic acids is 1. The monoisotopic (exact) mass is 295 g/mol. The van der Waals surface area contributed by atoms with Crippen molar-refractivity contribution in [2.45, 2.75) is 6.92 Å². The molecule has 0 bridgehead atoms.